The predicted molar refractivity (Wildman–Crippen MR) is 88.8 cm³/mol. The smallest absolute Gasteiger partial charge is 0.253 e. The van der Waals surface area contributed by atoms with Crippen LogP contribution in [0.5, 0.6) is 5.75 Å². The van der Waals surface area contributed by atoms with E-state index in [1.165, 1.54) is 0 Å². The van der Waals surface area contributed by atoms with E-state index in [1.54, 1.807) is 40.5 Å². The number of amides is 1. The average Bonchev–Trinajstić information content (AvgIpc) is 2.98. The molecule has 0 spiro atoms. The molecule has 23 heavy (non-hydrogen) atoms. The Hall–Kier alpha value is -1.92. The molecule has 1 aromatic carbocycles. The Labute approximate surface area is 139 Å². The maximum absolute atomic E-state index is 12.4. The predicted octanol–water partition coefficient (Wildman–Crippen LogP) is 2.63. The van der Waals surface area contributed by atoms with Crippen LogP contribution >= 0.6 is 11.3 Å². The molecule has 2 heterocycles. The topological polar surface area (TPSA) is 62.7 Å². The van der Waals surface area contributed by atoms with Gasteiger partial charge < -0.3 is 14.7 Å². The van der Waals surface area contributed by atoms with E-state index in [0.29, 0.717) is 31.0 Å². The summed E-state index contributed by atoms with van der Waals surface area (Å²) < 4.78 is 5.68. The maximum atomic E-state index is 12.4. The van der Waals surface area contributed by atoms with Crippen molar-refractivity contribution in [2.24, 2.45) is 0 Å². The SMILES string of the molecule is Cc1nc(COc2ccc(C(=O)N3CCCC(O)C3)cc2)cs1. The van der Waals surface area contributed by atoms with Gasteiger partial charge in [0.05, 0.1) is 16.8 Å². The van der Waals surface area contributed by atoms with E-state index in [1.807, 2.05) is 12.3 Å². The van der Waals surface area contributed by atoms with Crippen LogP contribution in [-0.2, 0) is 6.61 Å². The molecule has 1 aromatic heterocycles. The number of likely N-dealkylation sites (tertiary alicyclic amines) is 1. The van der Waals surface area contributed by atoms with Gasteiger partial charge in [-0.3, -0.25) is 4.79 Å². The summed E-state index contributed by atoms with van der Waals surface area (Å²) in [5.41, 5.74) is 1.53. The number of benzene rings is 1. The van der Waals surface area contributed by atoms with Crippen LogP contribution in [0.1, 0.15) is 33.9 Å². The molecule has 0 aliphatic carbocycles. The molecule has 122 valence electrons. The lowest BCUT2D eigenvalue weighted by atomic mass is 10.1. The lowest BCUT2D eigenvalue weighted by Gasteiger charge is -2.30. The van der Waals surface area contributed by atoms with Gasteiger partial charge in [-0.25, -0.2) is 4.98 Å². The molecule has 1 amide bonds. The zero-order valence-electron chi connectivity index (χ0n) is 13.1. The van der Waals surface area contributed by atoms with Gasteiger partial charge in [-0.05, 0) is 44.0 Å². The third kappa shape index (κ3) is 4.09. The second kappa shape index (κ2) is 7.10. The van der Waals surface area contributed by atoms with Crippen LogP contribution in [0, 0.1) is 6.92 Å². The van der Waals surface area contributed by atoms with Crippen LogP contribution in [-0.4, -0.2) is 40.1 Å². The largest absolute Gasteiger partial charge is 0.487 e. The molecule has 0 radical (unpaired) electrons. The van der Waals surface area contributed by atoms with Crippen LogP contribution in [0.2, 0.25) is 0 Å². The van der Waals surface area contributed by atoms with Crippen LogP contribution in [0.15, 0.2) is 29.6 Å². The second-order valence-electron chi connectivity index (χ2n) is 5.72. The highest BCUT2D eigenvalue weighted by atomic mass is 32.1. The van der Waals surface area contributed by atoms with Gasteiger partial charge in [-0.15, -0.1) is 11.3 Å². The molecule has 5 nitrogen and oxygen atoms in total. The highest BCUT2D eigenvalue weighted by molar-refractivity contribution is 7.09. The molecule has 0 bridgehead atoms. The fourth-order valence-corrected chi connectivity index (χ4v) is 3.24. The third-order valence-corrected chi connectivity index (χ3v) is 4.66. The Morgan fingerprint density at radius 3 is 2.87 bits per heavy atom. The quantitative estimate of drug-likeness (QED) is 0.935. The highest BCUT2D eigenvalue weighted by Gasteiger charge is 2.22. The Bertz CT molecular complexity index is 669. The first kappa shape index (κ1) is 16.0. The monoisotopic (exact) mass is 332 g/mol. The zero-order chi connectivity index (χ0) is 16.2. The lowest BCUT2D eigenvalue weighted by molar-refractivity contribution is 0.0473. The summed E-state index contributed by atoms with van der Waals surface area (Å²) in [6.07, 6.45) is 1.21. The molecule has 1 aliphatic heterocycles. The third-order valence-electron chi connectivity index (χ3n) is 3.84. The number of rotatable bonds is 4. The number of hydrogen-bond acceptors (Lipinski definition) is 5. The van der Waals surface area contributed by atoms with Crippen LogP contribution in [0.3, 0.4) is 0 Å². The summed E-state index contributed by atoms with van der Waals surface area (Å²) in [5, 5.41) is 12.7. The Kier molecular flexibility index (Phi) is 4.93. The number of aliphatic hydroxyl groups excluding tert-OH is 1. The first-order valence-corrected chi connectivity index (χ1v) is 8.61. The molecule has 2 aromatic rings. The van der Waals surface area contributed by atoms with Crippen molar-refractivity contribution in [3.8, 4) is 5.75 Å². The minimum Gasteiger partial charge on any atom is -0.487 e. The molecule has 1 unspecified atom stereocenters. The van der Waals surface area contributed by atoms with Gasteiger partial charge in [0.1, 0.15) is 12.4 Å². The number of aryl methyl sites for hydroxylation is 1. The number of piperidine rings is 1. The number of β-amino-alcohol motifs (C(OH)–C–C–N with tert-alkyl or cyclic N) is 1. The summed E-state index contributed by atoms with van der Waals surface area (Å²) in [6, 6.07) is 7.13. The minimum absolute atomic E-state index is 0.0366. The fraction of sp³-hybridized carbons (Fsp3) is 0.412. The Balaban J connectivity index is 1.59. The molecule has 3 rings (SSSR count). The van der Waals surface area contributed by atoms with E-state index in [2.05, 4.69) is 4.98 Å². The number of ether oxygens (including phenoxy) is 1. The summed E-state index contributed by atoms with van der Waals surface area (Å²) in [6.45, 7) is 3.51. The molecule has 1 N–H and O–H groups in total. The van der Waals surface area contributed by atoms with Gasteiger partial charge >= 0.3 is 0 Å². The minimum atomic E-state index is -0.406. The van der Waals surface area contributed by atoms with Gasteiger partial charge in [0, 0.05) is 24.0 Å². The molecule has 0 saturated carbocycles. The van der Waals surface area contributed by atoms with Gasteiger partial charge in [-0.1, -0.05) is 0 Å². The summed E-state index contributed by atoms with van der Waals surface area (Å²) >= 11 is 1.60. The molecule has 1 atom stereocenters. The number of aromatic nitrogens is 1. The van der Waals surface area contributed by atoms with Crippen molar-refractivity contribution in [3.05, 3.63) is 45.9 Å². The first-order valence-electron chi connectivity index (χ1n) is 7.73. The molecule has 1 saturated heterocycles. The van der Waals surface area contributed by atoms with Crippen LogP contribution in [0.25, 0.3) is 0 Å². The van der Waals surface area contributed by atoms with Crippen LogP contribution < -0.4 is 4.74 Å². The summed E-state index contributed by atoms with van der Waals surface area (Å²) in [5.74, 6) is 0.677. The highest BCUT2D eigenvalue weighted by Crippen LogP contribution is 2.18. The van der Waals surface area contributed by atoms with E-state index in [9.17, 15) is 9.90 Å². The number of hydrogen-bond donors (Lipinski definition) is 1. The van der Waals surface area contributed by atoms with E-state index in [4.69, 9.17) is 4.74 Å². The van der Waals surface area contributed by atoms with E-state index >= 15 is 0 Å². The molecule has 6 heteroatoms. The van der Waals surface area contributed by atoms with Crippen LogP contribution in [0.4, 0.5) is 0 Å². The maximum Gasteiger partial charge on any atom is 0.253 e. The van der Waals surface area contributed by atoms with Crippen molar-refractivity contribution in [1.82, 2.24) is 9.88 Å². The standard InChI is InChI=1S/C17H20N2O3S/c1-12-18-14(11-23-12)10-22-16-6-4-13(5-7-16)17(21)19-8-2-3-15(20)9-19/h4-7,11,15,20H,2-3,8-10H2,1H3. The second-order valence-corrected chi connectivity index (χ2v) is 6.78. The van der Waals surface area contributed by atoms with Crippen molar-refractivity contribution < 1.29 is 14.6 Å². The number of thiazole rings is 1. The molecular formula is C17H20N2O3S. The number of carbonyl (C=O) groups excluding carboxylic acids is 1. The number of aliphatic hydroxyl groups is 1. The van der Waals surface area contributed by atoms with E-state index in [0.717, 1.165) is 23.5 Å². The van der Waals surface area contributed by atoms with E-state index in [-0.39, 0.29) is 5.91 Å². The molecular weight excluding hydrogens is 312 g/mol. The van der Waals surface area contributed by atoms with E-state index < -0.39 is 6.10 Å². The Morgan fingerprint density at radius 1 is 1.43 bits per heavy atom. The Morgan fingerprint density at radius 2 is 2.22 bits per heavy atom. The molecule has 1 aliphatic rings. The average molecular weight is 332 g/mol. The number of nitrogens with zero attached hydrogens (tertiary/aromatic N) is 2. The fourth-order valence-electron chi connectivity index (χ4n) is 2.65. The van der Waals surface area contributed by atoms with Crippen molar-refractivity contribution in [2.45, 2.75) is 32.5 Å². The summed E-state index contributed by atoms with van der Waals surface area (Å²) in [7, 11) is 0. The van der Waals surface area contributed by atoms with Crippen molar-refractivity contribution in [1.29, 1.82) is 0 Å². The lowest BCUT2D eigenvalue weighted by Crippen LogP contribution is -2.42. The van der Waals surface area contributed by atoms with Gasteiger partial charge in [0.25, 0.3) is 5.91 Å². The van der Waals surface area contributed by atoms with Gasteiger partial charge in [0.2, 0.25) is 0 Å². The molecule has 1 fully saturated rings. The van der Waals surface area contributed by atoms with Crippen molar-refractivity contribution in [2.75, 3.05) is 13.1 Å². The normalized spacial score (nSPS) is 18.0. The zero-order valence-corrected chi connectivity index (χ0v) is 13.9. The number of carbonyl (C=O) groups is 1. The van der Waals surface area contributed by atoms with Crippen molar-refractivity contribution in [3.63, 3.8) is 0 Å². The first-order chi connectivity index (χ1) is 11.1. The summed E-state index contributed by atoms with van der Waals surface area (Å²) in [4.78, 5) is 18.5. The van der Waals surface area contributed by atoms with Gasteiger partial charge in [0.15, 0.2) is 0 Å². The van der Waals surface area contributed by atoms with Gasteiger partial charge in [-0.2, -0.15) is 0 Å². The van der Waals surface area contributed by atoms with Crippen molar-refractivity contribution >= 4 is 17.2 Å².